The zero-order valence-corrected chi connectivity index (χ0v) is 14.7. The first-order chi connectivity index (χ1) is 12.1. The maximum absolute atomic E-state index is 12.9. The molecule has 0 atom stereocenters. The average molecular weight is 356 g/mol. The first-order valence-corrected chi connectivity index (χ1v) is 8.44. The van der Waals surface area contributed by atoms with Gasteiger partial charge in [0, 0.05) is 12.2 Å². The van der Waals surface area contributed by atoms with Crippen molar-refractivity contribution in [1.29, 1.82) is 0 Å². The van der Waals surface area contributed by atoms with Crippen LogP contribution in [0.25, 0.3) is 0 Å². The lowest BCUT2D eigenvalue weighted by Gasteiger charge is -2.11. The van der Waals surface area contributed by atoms with Gasteiger partial charge in [0.1, 0.15) is 18.2 Å². The minimum atomic E-state index is -0.257. The maximum atomic E-state index is 12.9. The Morgan fingerprint density at radius 2 is 1.60 bits per heavy atom. The molecule has 25 heavy (non-hydrogen) atoms. The van der Waals surface area contributed by atoms with E-state index in [9.17, 15) is 4.39 Å². The summed E-state index contributed by atoms with van der Waals surface area (Å²) in [5.41, 5.74) is 4.26. The Balaban J connectivity index is 1.58. The minimum absolute atomic E-state index is 0.257. The molecule has 128 valence electrons. The third-order valence-electron chi connectivity index (χ3n) is 3.85. The molecule has 4 heteroatoms. The number of hydrogen-bond donors (Lipinski definition) is 1. The molecule has 0 fully saturated rings. The van der Waals surface area contributed by atoms with Gasteiger partial charge in [-0.15, -0.1) is 0 Å². The van der Waals surface area contributed by atoms with Gasteiger partial charge in [-0.3, -0.25) is 0 Å². The van der Waals surface area contributed by atoms with E-state index in [0.717, 1.165) is 16.8 Å². The second kappa shape index (κ2) is 8.04. The highest BCUT2D eigenvalue weighted by Crippen LogP contribution is 2.26. The van der Waals surface area contributed by atoms with Gasteiger partial charge in [0.25, 0.3) is 0 Å². The molecule has 0 unspecified atom stereocenters. The highest BCUT2D eigenvalue weighted by atomic mass is 35.5. The Kier molecular flexibility index (Phi) is 5.56. The van der Waals surface area contributed by atoms with E-state index in [-0.39, 0.29) is 5.82 Å². The molecule has 0 radical (unpaired) electrons. The van der Waals surface area contributed by atoms with Crippen LogP contribution >= 0.6 is 11.6 Å². The van der Waals surface area contributed by atoms with Crippen molar-refractivity contribution in [2.45, 2.75) is 20.1 Å². The third-order valence-corrected chi connectivity index (χ3v) is 4.15. The van der Waals surface area contributed by atoms with Crippen LogP contribution in [-0.4, -0.2) is 0 Å². The molecular weight excluding hydrogens is 337 g/mol. The molecule has 0 amide bonds. The van der Waals surface area contributed by atoms with Crippen LogP contribution in [0, 0.1) is 12.7 Å². The van der Waals surface area contributed by atoms with Crippen LogP contribution in [0.5, 0.6) is 5.75 Å². The molecule has 0 heterocycles. The van der Waals surface area contributed by atoms with E-state index in [1.807, 2.05) is 18.2 Å². The molecule has 0 aromatic heterocycles. The van der Waals surface area contributed by atoms with E-state index in [0.29, 0.717) is 23.9 Å². The normalized spacial score (nSPS) is 10.5. The molecule has 3 aromatic carbocycles. The number of ether oxygens (including phenoxy) is 1. The SMILES string of the molecule is Cc1ccc(NCc2ccc(OCc3ccc(F)cc3)c(Cl)c2)cc1. The molecule has 0 saturated carbocycles. The zero-order valence-electron chi connectivity index (χ0n) is 13.9. The lowest BCUT2D eigenvalue weighted by atomic mass is 10.2. The Labute approximate surface area is 152 Å². The molecule has 0 bridgehead atoms. The molecule has 0 aliphatic rings. The number of benzene rings is 3. The largest absolute Gasteiger partial charge is 0.487 e. The Hall–Kier alpha value is -2.52. The summed E-state index contributed by atoms with van der Waals surface area (Å²) in [6.45, 7) is 3.09. The molecule has 2 nitrogen and oxygen atoms in total. The van der Waals surface area contributed by atoms with Crippen LogP contribution in [-0.2, 0) is 13.2 Å². The lowest BCUT2D eigenvalue weighted by Crippen LogP contribution is -2.00. The number of nitrogens with one attached hydrogen (secondary N) is 1. The first-order valence-electron chi connectivity index (χ1n) is 8.06. The van der Waals surface area contributed by atoms with Crippen molar-refractivity contribution in [3.8, 4) is 5.75 Å². The first kappa shape index (κ1) is 17.3. The standard InChI is InChI=1S/C21H19ClFNO/c1-15-2-9-19(10-3-15)24-13-17-6-11-21(20(22)12-17)25-14-16-4-7-18(23)8-5-16/h2-12,24H,13-14H2,1H3. The van der Waals surface area contributed by atoms with Crippen molar-refractivity contribution in [2.75, 3.05) is 5.32 Å². The van der Waals surface area contributed by atoms with Crippen LogP contribution in [0.3, 0.4) is 0 Å². The fourth-order valence-electron chi connectivity index (χ4n) is 2.39. The Morgan fingerprint density at radius 3 is 2.28 bits per heavy atom. The Morgan fingerprint density at radius 1 is 0.920 bits per heavy atom. The van der Waals surface area contributed by atoms with Gasteiger partial charge >= 0.3 is 0 Å². The van der Waals surface area contributed by atoms with Gasteiger partial charge in [0.05, 0.1) is 5.02 Å². The van der Waals surface area contributed by atoms with Crippen LogP contribution in [0.4, 0.5) is 10.1 Å². The predicted octanol–water partition coefficient (Wildman–Crippen LogP) is 5.98. The predicted molar refractivity (Wildman–Crippen MR) is 101 cm³/mol. The number of anilines is 1. The van der Waals surface area contributed by atoms with Crippen LogP contribution in [0.15, 0.2) is 66.7 Å². The average Bonchev–Trinajstić information content (AvgIpc) is 2.62. The summed E-state index contributed by atoms with van der Waals surface area (Å²) in [4.78, 5) is 0. The third kappa shape index (κ3) is 4.97. The van der Waals surface area contributed by atoms with Crippen molar-refractivity contribution < 1.29 is 9.13 Å². The van der Waals surface area contributed by atoms with Crippen LogP contribution < -0.4 is 10.1 Å². The summed E-state index contributed by atoms with van der Waals surface area (Å²) in [6.07, 6.45) is 0. The van der Waals surface area contributed by atoms with Gasteiger partial charge in [0.2, 0.25) is 0 Å². The zero-order chi connectivity index (χ0) is 17.6. The van der Waals surface area contributed by atoms with Crippen LogP contribution in [0.1, 0.15) is 16.7 Å². The van der Waals surface area contributed by atoms with E-state index in [1.165, 1.54) is 17.7 Å². The van der Waals surface area contributed by atoms with E-state index in [2.05, 4.69) is 36.5 Å². The summed E-state index contributed by atoms with van der Waals surface area (Å²) in [7, 11) is 0. The topological polar surface area (TPSA) is 21.3 Å². The summed E-state index contributed by atoms with van der Waals surface area (Å²) in [5.74, 6) is 0.359. The highest BCUT2D eigenvalue weighted by Gasteiger charge is 2.04. The summed E-state index contributed by atoms with van der Waals surface area (Å²) in [6, 6.07) is 20.2. The van der Waals surface area contributed by atoms with Crippen molar-refractivity contribution >= 4 is 17.3 Å². The van der Waals surface area contributed by atoms with Crippen molar-refractivity contribution in [3.63, 3.8) is 0 Å². The number of hydrogen-bond acceptors (Lipinski definition) is 2. The van der Waals surface area contributed by atoms with E-state index >= 15 is 0 Å². The highest BCUT2D eigenvalue weighted by molar-refractivity contribution is 6.32. The Bertz CT molecular complexity index is 832. The molecule has 3 rings (SSSR count). The second-order valence-electron chi connectivity index (χ2n) is 5.90. The summed E-state index contributed by atoms with van der Waals surface area (Å²) in [5, 5.41) is 3.92. The molecule has 0 aliphatic carbocycles. The van der Waals surface area contributed by atoms with Gasteiger partial charge in [-0.25, -0.2) is 4.39 Å². The molecule has 3 aromatic rings. The number of halogens is 2. The van der Waals surface area contributed by atoms with Crippen molar-refractivity contribution in [3.05, 3.63) is 94.3 Å². The van der Waals surface area contributed by atoms with Gasteiger partial charge in [-0.2, -0.15) is 0 Å². The fourth-order valence-corrected chi connectivity index (χ4v) is 2.65. The number of aryl methyl sites for hydroxylation is 1. The smallest absolute Gasteiger partial charge is 0.138 e. The molecule has 0 saturated heterocycles. The second-order valence-corrected chi connectivity index (χ2v) is 6.31. The van der Waals surface area contributed by atoms with E-state index in [4.69, 9.17) is 16.3 Å². The summed E-state index contributed by atoms with van der Waals surface area (Å²) < 4.78 is 18.6. The quantitative estimate of drug-likeness (QED) is 0.587. The monoisotopic (exact) mass is 355 g/mol. The molecular formula is C21H19ClFNO. The number of rotatable bonds is 6. The molecule has 0 aliphatic heterocycles. The van der Waals surface area contributed by atoms with Crippen LogP contribution in [0.2, 0.25) is 5.02 Å². The van der Waals surface area contributed by atoms with Gasteiger partial charge < -0.3 is 10.1 Å². The van der Waals surface area contributed by atoms with E-state index < -0.39 is 0 Å². The lowest BCUT2D eigenvalue weighted by molar-refractivity contribution is 0.306. The fraction of sp³-hybridized carbons (Fsp3) is 0.143. The molecule has 1 N–H and O–H groups in total. The minimum Gasteiger partial charge on any atom is -0.487 e. The van der Waals surface area contributed by atoms with Crippen molar-refractivity contribution in [2.24, 2.45) is 0 Å². The van der Waals surface area contributed by atoms with Gasteiger partial charge in [0.15, 0.2) is 0 Å². The maximum Gasteiger partial charge on any atom is 0.138 e. The van der Waals surface area contributed by atoms with Gasteiger partial charge in [-0.1, -0.05) is 47.5 Å². The van der Waals surface area contributed by atoms with E-state index in [1.54, 1.807) is 12.1 Å². The molecule has 0 spiro atoms. The van der Waals surface area contributed by atoms with Crippen molar-refractivity contribution in [1.82, 2.24) is 0 Å². The van der Waals surface area contributed by atoms with Gasteiger partial charge in [-0.05, 0) is 54.4 Å². The summed E-state index contributed by atoms with van der Waals surface area (Å²) >= 11 is 6.31.